The number of rotatable bonds is 1. The topological polar surface area (TPSA) is 23.8 Å². The fourth-order valence-electron chi connectivity index (χ4n) is 1.53. The lowest BCUT2D eigenvalue weighted by Crippen LogP contribution is -1.82. The molecule has 0 aliphatic heterocycles. The van der Waals surface area contributed by atoms with Crippen LogP contribution in [0.15, 0.2) is 36.4 Å². The van der Waals surface area contributed by atoms with Gasteiger partial charge in [-0.15, -0.1) is 0 Å². The summed E-state index contributed by atoms with van der Waals surface area (Å²) >= 11 is 18.0. The van der Waals surface area contributed by atoms with Gasteiger partial charge in [-0.1, -0.05) is 40.9 Å². The molecule has 0 N–H and O–H groups in total. The van der Waals surface area contributed by atoms with Crippen molar-refractivity contribution in [3.8, 4) is 17.2 Å². The zero-order valence-electron chi connectivity index (χ0n) is 8.55. The van der Waals surface area contributed by atoms with E-state index in [0.29, 0.717) is 20.6 Å². The monoisotopic (exact) mass is 281 g/mol. The molecule has 0 aromatic heterocycles. The first-order chi connectivity index (χ1) is 8.10. The van der Waals surface area contributed by atoms with Gasteiger partial charge in [-0.05, 0) is 35.9 Å². The highest BCUT2D eigenvalue weighted by Crippen LogP contribution is 2.32. The fourth-order valence-corrected chi connectivity index (χ4v) is 2.34. The third kappa shape index (κ3) is 2.73. The average Bonchev–Trinajstić information content (AvgIpc) is 2.27. The maximum absolute atomic E-state index is 8.76. The van der Waals surface area contributed by atoms with Gasteiger partial charge in [0.1, 0.15) is 0 Å². The maximum atomic E-state index is 8.76. The Morgan fingerprint density at radius 2 is 1.53 bits per heavy atom. The zero-order chi connectivity index (χ0) is 12.4. The van der Waals surface area contributed by atoms with E-state index < -0.39 is 0 Å². The summed E-state index contributed by atoms with van der Waals surface area (Å²) in [5.74, 6) is 0. The molecule has 0 unspecified atom stereocenters. The van der Waals surface area contributed by atoms with Crippen LogP contribution in [-0.2, 0) is 0 Å². The van der Waals surface area contributed by atoms with Gasteiger partial charge in [-0.2, -0.15) is 5.26 Å². The van der Waals surface area contributed by atoms with Gasteiger partial charge in [0.15, 0.2) is 0 Å². The van der Waals surface area contributed by atoms with Crippen LogP contribution >= 0.6 is 34.8 Å². The summed E-state index contributed by atoms with van der Waals surface area (Å²) in [5.41, 5.74) is 2.15. The first-order valence-electron chi connectivity index (χ1n) is 4.76. The lowest BCUT2D eigenvalue weighted by Gasteiger charge is -2.06. The fraction of sp³-hybridized carbons (Fsp3) is 0. The summed E-state index contributed by atoms with van der Waals surface area (Å²) in [7, 11) is 0. The van der Waals surface area contributed by atoms with Crippen LogP contribution < -0.4 is 0 Å². The average molecular weight is 283 g/mol. The molecular weight excluding hydrogens is 277 g/mol. The Kier molecular flexibility index (Phi) is 3.59. The van der Waals surface area contributed by atoms with E-state index in [2.05, 4.69) is 0 Å². The molecule has 0 atom stereocenters. The van der Waals surface area contributed by atoms with Gasteiger partial charge in [-0.3, -0.25) is 0 Å². The molecule has 0 amide bonds. The van der Waals surface area contributed by atoms with Crippen LogP contribution in [-0.4, -0.2) is 0 Å². The first kappa shape index (κ1) is 12.3. The number of hydrogen-bond donors (Lipinski definition) is 0. The van der Waals surface area contributed by atoms with Crippen molar-refractivity contribution in [3.63, 3.8) is 0 Å². The van der Waals surface area contributed by atoms with Gasteiger partial charge in [0.2, 0.25) is 0 Å². The summed E-state index contributed by atoms with van der Waals surface area (Å²) < 4.78 is 0. The molecule has 84 valence electrons. The van der Waals surface area contributed by atoms with Crippen molar-refractivity contribution < 1.29 is 0 Å². The lowest BCUT2D eigenvalue weighted by atomic mass is 10.0. The number of hydrogen-bond acceptors (Lipinski definition) is 1. The first-order valence-corrected chi connectivity index (χ1v) is 5.89. The number of benzene rings is 2. The van der Waals surface area contributed by atoms with E-state index in [0.717, 1.165) is 11.1 Å². The molecule has 2 rings (SSSR count). The maximum Gasteiger partial charge on any atom is 0.0992 e. The summed E-state index contributed by atoms with van der Waals surface area (Å²) in [6.07, 6.45) is 0. The van der Waals surface area contributed by atoms with Crippen LogP contribution in [0.1, 0.15) is 5.56 Å². The lowest BCUT2D eigenvalue weighted by molar-refractivity contribution is 1.48. The molecule has 1 nitrogen and oxygen atoms in total. The number of nitrogens with zero attached hydrogens (tertiary/aromatic N) is 1. The Balaban J connectivity index is 2.57. The normalized spacial score (nSPS) is 10.0. The molecule has 0 saturated carbocycles. The zero-order valence-corrected chi connectivity index (χ0v) is 10.8. The quantitative estimate of drug-likeness (QED) is 0.706. The van der Waals surface area contributed by atoms with E-state index in [4.69, 9.17) is 40.1 Å². The molecule has 0 aliphatic carbocycles. The molecule has 0 bridgehead atoms. The summed E-state index contributed by atoms with van der Waals surface area (Å²) in [6, 6.07) is 12.3. The molecule has 2 aromatic rings. The third-order valence-electron chi connectivity index (χ3n) is 2.27. The number of nitriles is 1. The highest BCUT2D eigenvalue weighted by molar-refractivity contribution is 6.36. The van der Waals surface area contributed by atoms with Crippen LogP contribution in [0.3, 0.4) is 0 Å². The van der Waals surface area contributed by atoms with E-state index in [1.165, 1.54) is 0 Å². The van der Waals surface area contributed by atoms with Gasteiger partial charge in [0, 0.05) is 20.6 Å². The Hall–Kier alpha value is -1.20. The predicted octanol–water partition coefficient (Wildman–Crippen LogP) is 5.19. The van der Waals surface area contributed by atoms with Gasteiger partial charge in [-0.25, -0.2) is 0 Å². The minimum absolute atomic E-state index is 0.502. The van der Waals surface area contributed by atoms with Crippen molar-refractivity contribution in [2.24, 2.45) is 0 Å². The summed E-state index contributed by atoms with van der Waals surface area (Å²) in [5, 5.41) is 10.4. The molecule has 0 aliphatic rings. The predicted molar refractivity (Wildman–Crippen MR) is 71.6 cm³/mol. The van der Waals surface area contributed by atoms with Crippen LogP contribution in [0.4, 0.5) is 0 Å². The molecule has 0 saturated heterocycles. The third-order valence-corrected chi connectivity index (χ3v) is 3.02. The van der Waals surface area contributed by atoms with Crippen molar-refractivity contribution >= 4 is 34.8 Å². The van der Waals surface area contributed by atoms with Crippen molar-refractivity contribution in [1.29, 1.82) is 5.26 Å². The minimum Gasteiger partial charge on any atom is -0.192 e. The Morgan fingerprint density at radius 1 is 0.882 bits per heavy atom. The molecule has 2 aromatic carbocycles. The molecular formula is C13H6Cl3N. The van der Waals surface area contributed by atoms with E-state index in [-0.39, 0.29) is 0 Å². The highest BCUT2D eigenvalue weighted by Gasteiger charge is 2.06. The van der Waals surface area contributed by atoms with E-state index in [1.54, 1.807) is 36.4 Å². The second-order valence-electron chi connectivity index (χ2n) is 3.46. The molecule has 0 heterocycles. The standard InChI is InChI=1S/C13H6Cl3N/c14-10-4-9(5-11(15)6-10)12-2-1-8(7-17)3-13(12)16/h1-6H. The Morgan fingerprint density at radius 3 is 2.06 bits per heavy atom. The summed E-state index contributed by atoms with van der Waals surface area (Å²) in [4.78, 5) is 0. The van der Waals surface area contributed by atoms with Gasteiger partial charge in [0.05, 0.1) is 11.6 Å². The second kappa shape index (κ2) is 4.98. The smallest absolute Gasteiger partial charge is 0.0992 e. The van der Waals surface area contributed by atoms with Gasteiger partial charge >= 0.3 is 0 Å². The highest BCUT2D eigenvalue weighted by atomic mass is 35.5. The van der Waals surface area contributed by atoms with E-state index in [1.807, 2.05) is 6.07 Å². The Bertz CT molecular complexity index is 594. The van der Waals surface area contributed by atoms with Gasteiger partial charge in [0.25, 0.3) is 0 Å². The van der Waals surface area contributed by atoms with E-state index in [9.17, 15) is 0 Å². The molecule has 0 radical (unpaired) electrons. The molecule has 4 heteroatoms. The SMILES string of the molecule is N#Cc1ccc(-c2cc(Cl)cc(Cl)c2)c(Cl)c1. The van der Waals surface area contributed by atoms with Crippen molar-refractivity contribution in [2.45, 2.75) is 0 Å². The molecule has 0 fully saturated rings. The van der Waals surface area contributed by atoms with Crippen LogP contribution in [0.2, 0.25) is 15.1 Å². The Labute approximate surface area is 114 Å². The van der Waals surface area contributed by atoms with Crippen molar-refractivity contribution in [3.05, 3.63) is 57.0 Å². The summed E-state index contributed by atoms with van der Waals surface area (Å²) in [6.45, 7) is 0. The van der Waals surface area contributed by atoms with Crippen molar-refractivity contribution in [1.82, 2.24) is 0 Å². The van der Waals surface area contributed by atoms with Crippen LogP contribution in [0.25, 0.3) is 11.1 Å². The number of halogens is 3. The van der Waals surface area contributed by atoms with Gasteiger partial charge < -0.3 is 0 Å². The second-order valence-corrected chi connectivity index (χ2v) is 4.74. The molecule has 0 spiro atoms. The van der Waals surface area contributed by atoms with E-state index >= 15 is 0 Å². The van der Waals surface area contributed by atoms with Crippen LogP contribution in [0.5, 0.6) is 0 Å². The molecule has 17 heavy (non-hydrogen) atoms. The van der Waals surface area contributed by atoms with Crippen LogP contribution in [0, 0.1) is 11.3 Å². The van der Waals surface area contributed by atoms with Crippen molar-refractivity contribution in [2.75, 3.05) is 0 Å². The largest absolute Gasteiger partial charge is 0.192 e. The minimum atomic E-state index is 0.502.